The number of hydrogen-bond donors (Lipinski definition) is 2. The van der Waals surface area contributed by atoms with Gasteiger partial charge in [0.1, 0.15) is 0 Å². The fraction of sp³-hybridized carbons (Fsp3) is 0.650. The predicted molar refractivity (Wildman–Crippen MR) is 109 cm³/mol. The van der Waals surface area contributed by atoms with E-state index in [2.05, 4.69) is 34.4 Å². The minimum atomic E-state index is 0.443. The normalized spacial score (nSPS) is 16.9. The summed E-state index contributed by atoms with van der Waals surface area (Å²) in [5, 5.41) is 6.84. The van der Waals surface area contributed by atoms with E-state index in [1.54, 1.807) is 21.3 Å². The van der Waals surface area contributed by atoms with Crippen molar-refractivity contribution in [1.29, 1.82) is 0 Å². The van der Waals surface area contributed by atoms with Gasteiger partial charge in [-0.1, -0.05) is 26.0 Å². The number of para-hydroxylation sites is 1. The van der Waals surface area contributed by atoms with Crippen LogP contribution in [-0.4, -0.2) is 71.0 Å². The molecule has 1 fully saturated rings. The standard InChI is InChI=1S/C20H34N4O3/c1-15(2)17(24-9-11-27-12-10-24)14-23-20(21-3)22-13-16-7-6-8-18(25-4)19(16)26-5/h6-8,15,17H,9-14H2,1-5H3,(H2,21,22,23). The maximum absolute atomic E-state index is 5.50. The smallest absolute Gasteiger partial charge is 0.191 e. The van der Waals surface area contributed by atoms with Gasteiger partial charge < -0.3 is 24.8 Å². The molecule has 1 atom stereocenters. The average molecular weight is 379 g/mol. The fourth-order valence-electron chi connectivity index (χ4n) is 3.39. The molecule has 1 aromatic carbocycles. The molecular formula is C20H34N4O3. The third-order valence-corrected chi connectivity index (χ3v) is 4.92. The molecule has 1 aromatic rings. The van der Waals surface area contributed by atoms with Gasteiger partial charge in [-0.25, -0.2) is 0 Å². The van der Waals surface area contributed by atoms with Gasteiger partial charge in [0.05, 0.1) is 27.4 Å². The number of ether oxygens (including phenoxy) is 3. The first-order valence-electron chi connectivity index (χ1n) is 9.56. The van der Waals surface area contributed by atoms with Gasteiger partial charge in [-0.05, 0) is 12.0 Å². The summed E-state index contributed by atoms with van der Waals surface area (Å²) in [7, 11) is 5.09. The van der Waals surface area contributed by atoms with Crippen LogP contribution >= 0.6 is 0 Å². The summed E-state index contributed by atoms with van der Waals surface area (Å²) in [5.41, 5.74) is 1.02. The van der Waals surface area contributed by atoms with Crippen molar-refractivity contribution < 1.29 is 14.2 Å². The first kappa shape index (κ1) is 21.3. The van der Waals surface area contributed by atoms with E-state index in [0.717, 1.165) is 55.9 Å². The Hall–Kier alpha value is -1.99. The van der Waals surface area contributed by atoms with Crippen molar-refractivity contribution in [3.8, 4) is 11.5 Å². The summed E-state index contributed by atoms with van der Waals surface area (Å²) in [6.45, 7) is 9.56. The van der Waals surface area contributed by atoms with Crippen LogP contribution in [0.25, 0.3) is 0 Å². The van der Waals surface area contributed by atoms with Gasteiger partial charge in [-0.15, -0.1) is 0 Å². The highest BCUT2D eigenvalue weighted by Gasteiger charge is 2.23. The molecule has 1 aliphatic rings. The zero-order valence-electron chi connectivity index (χ0n) is 17.2. The quantitative estimate of drug-likeness (QED) is 0.530. The molecular weight excluding hydrogens is 344 g/mol. The van der Waals surface area contributed by atoms with Crippen molar-refractivity contribution in [2.45, 2.75) is 26.4 Å². The van der Waals surface area contributed by atoms with Gasteiger partial charge in [0.2, 0.25) is 0 Å². The monoisotopic (exact) mass is 378 g/mol. The summed E-state index contributed by atoms with van der Waals surface area (Å²) in [5.74, 6) is 2.80. The van der Waals surface area contributed by atoms with Crippen LogP contribution in [0.3, 0.4) is 0 Å². The lowest BCUT2D eigenvalue weighted by Gasteiger charge is -2.37. The number of nitrogens with one attached hydrogen (secondary N) is 2. The van der Waals surface area contributed by atoms with Crippen LogP contribution in [0, 0.1) is 5.92 Å². The zero-order valence-corrected chi connectivity index (χ0v) is 17.2. The van der Waals surface area contributed by atoms with Crippen molar-refractivity contribution in [1.82, 2.24) is 15.5 Å². The molecule has 0 aliphatic carbocycles. The molecule has 2 rings (SSSR count). The number of methoxy groups -OCH3 is 2. The lowest BCUT2D eigenvalue weighted by Crippen LogP contribution is -2.52. The van der Waals surface area contributed by atoms with E-state index in [1.165, 1.54) is 0 Å². The van der Waals surface area contributed by atoms with Crippen molar-refractivity contribution in [3.63, 3.8) is 0 Å². The van der Waals surface area contributed by atoms with Gasteiger partial charge in [-0.3, -0.25) is 9.89 Å². The molecule has 0 radical (unpaired) electrons. The Morgan fingerprint density at radius 2 is 1.93 bits per heavy atom. The summed E-state index contributed by atoms with van der Waals surface area (Å²) in [6.07, 6.45) is 0. The number of morpholine rings is 1. The van der Waals surface area contributed by atoms with E-state index >= 15 is 0 Å². The van der Waals surface area contributed by atoms with E-state index < -0.39 is 0 Å². The highest BCUT2D eigenvalue weighted by Crippen LogP contribution is 2.30. The molecule has 7 heteroatoms. The highest BCUT2D eigenvalue weighted by atomic mass is 16.5. The first-order valence-corrected chi connectivity index (χ1v) is 9.56. The molecule has 27 heavy (non-hydrogen) atoms. The van der Waals surface area contributed by atoms with Crippen LogP contribution in [0.1, 0.15) is 19.4 Å². The SMILES string of the molecule is CN=C(NCc1cccc(OC)c1OC)NCC(C(C)C)N1CCOCC1. The molecule has 0 saturated carbocycles. The highest BCUT2D eigenvalue weighted by molar-refractivity contribution is 5.79. The third-order valence-electron chi connectivity index (χ3n) is 4.92. The van der Waals surface area contributed by atoms with E-state index in [0.29, 0.717) is 18.5 Å². The minimum absolute atomic E-state index is 0.443. The molecule has 2 N–H and O–H groups in total. The summed E-state index contributed by atoms with van der Waals surface area (Å²) in [6, 6.07) is 6.32. The Bertz CT molecular complexity index is 601. The maximum Gasteiger partial charge on any atom is 0.191 e. The number of rotatable bonds is 8. The van der Waals surface area contributed by atoms with Gasteiger partial charge in [-0.2, -0.15) is 0 Å². The van der Waals surface area contributed by atoms with Crippen molar-refractivity contribution in [2.24, 2.45) is 10.9 Å². The summed E-state index contributed by atoms with van der Waals surface area (Å²) in [4.78, 5) is 6.86. The van der Waals surface area contributed by atoms with Crippen molar-refractivity contribution in [2.75, 3.05) is 54.1 Å². The summed E-state index contributed by atoms with van der Waals surface area (Å²) < 4.78 is 16.4. The zero-order chi connectivity index (χ0) is 19.6. The number of benzene rings is 1. The van der Waals surface area contributed by atoms with Crippen molar-refractivity contribution in [3.05, 3.63) is 23.8 Å². The Labute approximate surface area is 163 Å². The first-order chi connectivity index (χ1) is 13.1. The minimum Gasteiger partial charge on any atom is -0.493 e. The van der Waals surface area contributed by atoms with Crippen LogP contribution in [0.4, 0.5) is 0 Å². The van der Waals surface area contributed by atoms with E-state index in [-0.39, 0.29) is 0 Å². The number of aliphatic imine (C=N–C) groups is 1. The maximum atomic E-state index is 5.50. The van der Waals surface area contributed by atoms with Crippen LogP contribution in [0.15, 0.2) is 23.2 Å². The molecule has 0 bridgehead atoms. The average Bonchev–Trinajstić information content (AvgIpc) is 2.70. The number of nitrogens with zero attached hydrogens (tertiary/aromatic N) is 2. The topological polar surface area (TPSA) is 67.4 Å². The van der Waals surface area contributed by atoms with Crippen molar-refractivity contribution >= 4 is 5.96 Å². The Kier molecular flexibility index (Phi) is 8.67. The second kappa shape index (κ2) is 11.0. The number of hydrogen-bond acceptors (Lipinski definition) is 5. The van der Waals surface area contributed by atoms with Gasteiger partial charge in [0.15, 0.2) is 17.5 Å². The molecule has 1 heterocycles. The largest absolute Gasteiger partial charge is 0.493 e. The molecule has 0 aromatic heterocycles. The fourth-order valence-corrected chi connectivity index (χ4v) is 3.39. The van der Waals surface area contributed by atoms with E-state index in [4.69, 9.17) is 14.2 Å². The molecule has 1 saturated heterocycles. The Balaban J connectivity index is 1.93. The summed E-state index contributed by atoms with van der Waals surface area (Å²) >= 11 is 0. The van der Waals surface area contributed by atoms with Gasteiger partial charge in [0, 0.05) is 44.8 Å². The predicted octanol–water partition coefficient (Wildman–Crippen LogP) is 1.73. The molecule has 1 unspecified atom stereocenters. The van der Waals surface area contributed by atoms with Crippen LogP contribution in [0.2, 0.25) is 0 Å². The third kappa shape index (κ3) is 6.01. The lowest BCUT2D eigenvalue weighted by atomic mass is 10.0. The van der Waals surface area contributed by atoms with Gasteiger partial charge >= 0.3 is 0 Å². The van der Waals surface area contributed by atoms with Crippen LogP contribution < -0.4 is 20.1 Å². The van der Waals surface area contributed by atoms with E-state index in [9.17, 15) is 0 Å². The second-order valence-electron chi connectivity index (χ2n) is 6.92. The van der Waals surface area contributed by atoms with E-state index in [1.807, 2.05) is 18.2 Å². The molecule has 7 nitrogen and oxygen atoms in total. The molecule has 0 amide bonds. The molecule has 1 aliphatic heterocycles. The Morgan fingerprint density at radius 1 is 1.19 bits per heavy atom. The lowest BCUT2D eigenvalue weighted by molar-refractivity contribution is 0.00752. The second-order valence-corrected chi connectivity index (χ2v) is 6.92. The Morgan fingerprint density at radius 3 is 2.52 bits per heavy atom. The number of guanidine groups is 1. The molecule has 152 valence electrons. The van der Waals surface area contributed by atoms with Crippen LogP contribution in [-0.2, 0) is 11.3 Å². The van der Waals surface area contributed by atoms with Crippen LogP contribution in [0.5, 0.6) is 11.5 Å². The molecule has 0 spiro atoms. The van der Waals surface area contributed by atoms with Gasteiger partial charge in [0.25, 0.3) is 0 Å².